The van der Waals surface area contributed by atoms with Crippen molar-refractivity contribution in [1.82, 2.24) is 9.78 Å². The van der Waals surface area contributed by atoms with Crippen LogP contribution in [0.25, 0.3) is 0 Å². The van der Waals surface area contributed by atoms with Crippen LogP contribution in [0.5, 0.6) is 0 Å². The molecule has 0 radical (unpaired) electrons. The number of nitrogens with one attached hydrogen (secondary N) is 1. The molecule has 0 saturated heterocycles. The number of rotatable bonds is 2. The lowest BCUT2D eigenvalue weighted by Gasteiger charge is -2.08. The van der Waals surface area contributed by atoms with Crippen LogP contribution in [0.15, 0.2) is 28.7 Å². The number of hydrogen-bond donors (Lipinski definition) is 2. The molecule has 0 saturated carbocycles. The smallest absolute Gasteiger partial charge is 0.273 e. The average Bonchev–Trinajstić information content (AvgIpc) is 2.63. The highest BCUT2D eigenvalue weighted by Gasteiger charge is 2.13. The third-order valence-electron chi connectivity index (χ3n) is 2.47. The van der Waals surface area contributed by atoms with Gasteiger partial charge in [0.1, 0.15) is 5.69 Å². The van der Waals surface area contributed by atoms with Gasteiger partial charge >= 0.3 is 0 Å². The summed E-state index contributed by atoms with van der Waals surface area (Å²) in [5.41, 5.74) is 8.22. The summed E-state index contributed by atoms with van der Waals surface area (Å²) >= 11 is 3.36. The van der Waals surface area contributed by atoms with Crippen molar-refractivity contribution >= 4 is 33.2 Å². The first kappa shape index (κ1) is 12.6. The maximum absolute atomic E-state index is 12.1. The number of aryl methyl sites for hydroxylation is 2. The molecular weight excluding hydrogens is 296 g/mol. The van der Waals surface area contributed by atoms with Gasteiger partial charge in [-0.15, -0.1) is 0 Å². The van der Waals surface area contributed by atoms with E-state index in [0.29, 0.717) is 17.1 Å². The second kappa shape index (κ2) is 4.81. The molecule has 2 aromatic rings. The Hall–Kier alpha value is -1.82. The number of benzene rings is 1. The molecule has 0 bridgehead atoms. The molecule has 0 atom stereocenters. The minimum absolute atomic E-state index is 0.218. The van der Waals surface area contributed by atoms with Crippen molar-refractivity contribution in [2.45, 2.75) is 6.92 Å². The monoisotopic (exact) mass is 308 g/mol. The Morgan fingerprint density at radius 2 is 2.17 bits per heavy atom. The van der Waals surface area contributed by atoms with Gasteiger partial charge in [-0.25, -0.2) is 0 Å². The number of nitrogens with zero attached hydrogens (tertiary/aromatic N) is 2. The molecule has 0 aliphatic carbocycles. The standard InChI is InChI=1S/C12H13BrN4O/c1-7-5-11(17(2)16-7)12(18)15-10-6-8(14)3-4-9(10)13/h3-6H,14H2,1-2H3,(H,15,18). The van der Waals surface area contributed by atoms with Gasteiger partial charge < -0.3 is 11.1 Å². The molecule has 1 heterocycles. The van der Waals surface area contributed by atoms with Crippen LogP contribution >= 0.6 is 15.9 Å². The summed E-state index contributed by atoms with van der Waals surface area (Å²) in [5.74, 6) is -0.218. The van der Waals surface area contributed by atoms with E-state index in [0.717, 1.165) is 10.2 Å². The molecule has 18 heavy (non-hydrogen) atoms. The van der Waals surface area contributed by atoms with Gasteiger partial charge in [0.2, 0.25) is 0 Å². The van der Waals surface area contributed by atoms with E-state index in [9.17, 15) is 4.79 Å². The Labute approximate surface area is 113 Å². The zero-order valence-corrected chi connectivity index (χ0v) is 11.7. The number of nitrogens with two attached hydrogens (primary N) is 1. The van der Waals surface area contributed by atoms with E-state index in [2.05, 4.69) is 26.3 Å². The Balaban J connectivity index is 2.26. The summed E-state index contributed by atoms with van der Waals surface area (Å²) in [6, 6.07) is 6.98. The number of aromatic nitrogens is 2. The van der Waals surface area contributed by atoms with Crippen LogP contribution in [-0.4, -0.2) is 15.7 Å². The Morgan fingerprint density at radius 3 is 2.78 bits per heavy atom. The highest BCUT2D eigenvalue weighted by molar-refractivity contribution is 9.10. The van der Waals surface area contributed by atoms with Crippen molar-refractivity contribution < 1.29 is 4.79 Å². The fourth-order valence-corrected chi connectivity index (χ4v) is 1.99. The molecule has 6 heteroatoms. The van der Waals surface area contributed by atoms with Crippen LogP contribution in [0, 0.1) is 6.92 Å². The zero-order chi connectivity index (χ0) is 13.3. The molecule has 0 fully saturated rings. The molecule has 1 aromatic heterocycles. The van der Waals surface area contributed by atoms with Crippen molar-refractivity contribution in [3.05, 3.63) is 40.1 Å². The number of amides is 1. The fraction of sp³-hybridized carbons (Fsp3) is 0.167. The van der Waals surface area contributed by atoms with Crippen LogP contribution in [-0.2, 0) is 7.05 Å². The third-order valence-corrected chi connectivity index (χ3v) is 3.16. The van der Waals surface area contributed by atoms with Gasteiger partial charge in [0.15, 0.2) is 0 Å². The summed E-state index contributed by atoms with van der Waals surface area (Å²) in [4.78, 5) is 12.1. The van der Waals surface area contributed by atoms with Crippen molar-refractivity contribution in [2.75, 3.05) is 11.1 Å². The number of halogens is 1. The summed E-state index contributed by atoms with van der Waals surface area (Å²) in [7, 11) is 1.73. The highest BCUT2D eigenvalue weighted by Crippen LogP contribution is 2.25. The molecule has 0 aliphatic rings. The maximum atomic E-state index is 12.1. The molecule has 2 rings (SSSR count). The molecule has 0 aliphatic heterocycles. The van der Waals surface area contributed by atoms with Gasteiger partial charge in [-0.2, -0.15) is 5.10 Å². The van der Waals surface area contributed by atoms with Gasteiger partial charge in [0.05, 0.1) is 11.4 Å². The first-order valence-electron chi connectivity index (χ1n) is 5.34. The second-order valence-corrected chi connectivity index (χ2v) is 4.84. The summed E-state index contributed by atoms with van der Waals surface area (Å²) in [6.45, 7) is 1.84. The number of anilines is 2. The minimum Gasteiger partial charge on any atom is -0.399 e. The predicted molar refractivity (Wildman–Crippen MR) is 74.5 cm³/mol. The van der Waals surface area contributed by atoms with E-state index >= 15 is 0 Å². The molecule has 5 nitrogen and oxygen atoms in total. The van der Waals surface area contributed by atoms with Crippen LogP contribution in [0.3, 0.4) is 0 Å². The van der Waals surface area contributed by atoms with Gasteiger partial charge in [0, 0.05) is 17.2 Å². The topological polar surface area (TPSA) is 72.9 Å². The van der Waals surface area contributed by atoms with Crippen LogP contribution in [0.4, 0.5) is 11.4 Å². The van der Waals surface area contributed by atoms with Gasteiger partial charge in [0.25, 0.3) is 5.91 Å². The Bertz CT molecular complexity index is 606. The number of carbonyl (C=O) groups is 1. The maximum Gasteiger partial charge on any atom is 0.273 e. The Morgan fingerprint density at radius 1 is 1.44 bits per heavy atom. The molecule has 0 spiro atoms. The molecule has 3 N–H and O–H groups in total. The lowest BCUT2D eigenvalue weighted by Crippen LogP contribution is -2.16. The first-order chi connectivity index (χ1) is 8.47. The van der Waals surface area contributed by atoms with Crippen molar-refractivity contribution in [3.63, 3.8) is 0 Å². The van der Waals surface area contributed by atoms with Gasteiger partial charge in [-0.05, 0) is 47.1 Å². The van der Waals surface area contributed by atoms with Crippen LogP contribution in [0.1, 0.15) is 16.2 Å². The number of carbonyl (C=O) groups excluding carboxylic acids is 1. The predicted octanol–water partition coefficient (Wildman–Crippen LogP) is 2.33. The van der Waals surface area contributed by atoms with E-state index in [1.165, 1.54) is 0 Å². The summed E-state index contributed by atoms with van der Waals surface area (Å²) in [6.07, 6.45) is 0. The largest absolute Gasteiger partial charge is 0.399 e. The third kappa shape index (κ3) is 2.53. The molecule has 94 valence electrons. The minimum atomic E-state index is -0.218. The fourth-order valence-electron chi connectivity index (χ4n) is 1.65. The SMILES string of the molecule is Cc1cc(C(=O)Nc2cc(N)ccc2Br)n(C)n1. The molecular formula is C12H13BrN4O. The summed E-state index contributed by atoms with van der Waals surface area (Å²) in [5, 5.41) is 6.93. The molecule has 1 amide bonds. The van der Waals surface area contributed by atoms with Crippen LogP contribution < -0.4 is 11.1 Å². The number of hydrogen-bond acceptors (Lipinski definition) is 3. The zero-order valence-electron chi connectivity index (χ0n) is 10.1. The lowest BCUT2D eigenvalue weighted by atomic mass is 10.2. The van der Waals surface area contributed by atoms with Gasteiger partial charge in [-0.1, -0.05) is 0 Å². The first-order valence-corrected chi connectivity index (χ1v) is 6.13. The lowest BCUT2D eigenvalue weighted by molar-refractivity contribution is 0.101. The molecule has 1 aromatic carbocycles. The highest BCUT2D eigenvalue weighted by atomic mass is 79.9. The van der Waals surface area contributed by atoms with Crippen molar-refractivity contribution in [3.8, 4) is 0 Å². The quantitative estimate of drug-likeness (QED) is 0.836. The Kier molecular flexibility index (Phi) is 3.38. The summed E-state index contributed by atoms with van der Waals surface area (Å²) < 4.78 is 2.33. The van der Waals surface area contributed by atoms with E-state index in [-0.39, 0.29) is 5.91 Å². The average molecular weight is 309 g/mol. The normalized spacial score (nSPS) is 10.4. The van der Waals surface area contributed by atoms with E-state index in [1.807, 2.05) is 6.92 Å². The van der Waals surface area contributed by atoms with Crippen molar-refractivity contribution in [2.24, 2.45) is 7.05 Å². The molecule has 0 unspecified atom stereocenters. The van der Waals surface area contributed by atoms with Crippen LogP contribution in [0.2, 0.25) is 0 Å². The number of nitrogen functional groups attached to an aromatic ring is 1. The van der Waals surface area contributed by atoms with Gasteiger partial charge in [-0.3, -0.25) is 9.48 Å². The van der Waals surface area contributed by atoms with Crippen molar-refractivity contribution in [1.29, 1.82) is 0 Å². The second-order valence-electron chi connectivity index (χ2n) is 3.99. The van der Waals surface area contributed by atoms with E-state index in [4.69, 9.17) is 5.73 Å². The van der Waals surface area contributed by atoms with E-state index < -0.39 is 0 Å². The van der Waals surface area contributed by atoms with E-state index in [1.54, 1.807) is 36.0 Å².